The molecule has 37 heavy (non-hydrogen) atoms. The fourth-order valence-corrected chi connectivity index (χ4v) is 5.75. The van der Waals surface area contributed by atoms with Gasteiger partial charge < -0.3 is 24.6 Å². The molecule has 2 aromatic carbocycles. The Labute approximate surface area is 225 Å². The van der Waals surface area contributed by atoms with Crippen molar-refractivity contribution in [1.82, 2.24) is 9.80 Å². The van der Waals surface area contributed by atoms with Crippen LogP contribution in [-0.2, 0) is 4.79 Å². The van der Waals surface area contributed by atoms with Crippen molar-refractivity contribution in [1.29, 1.82) is 0 Å². The van der Waals surface area contributed by atoms with Gasteiger partial charge in [-0.15, -0.1) is 0 Å². The number of fused-ring (bicyclic) bond motifs is 1. The largest absolute Gasteiger partial charge is 0.497 e. The van der Waals surface area contributed by atoms with Gasteiger partial charge in [0.1, 0.15) is 17.0 Å². The number of nitrogens with zero attached hydrogens (tertiary/aromatic N) is 2. The van der Waals surface area contributed by atoms with Gasteiger partial charge in [-0.3, -0.25) is 9.59 Å². The highest BCUT2D eigenvalue weighted by Gasteiger charge is 2.42. The summed E-state index contributed by atoms with van der Waals surface area (Å²) < 4.78 is 10.7. The van der Waals surface area contributed by atoms with Gasteiger partial charge in [-0.1, -0.05) is 18.0 Å². The topological polar surface area (TPSA) is 71.1 Å². The summed E-state index contributed by atoms with van der Waals surface area (Å²) in [6, 6.07) is 12.6. The first-order valence-corrected chi connectivity index (χ1v) is 13.5. The standard InChI is InChI=1S/C29H38ClN3O4/c1-29(2,28(35)31-23-16-24(36-3)18-25(17-23)37-4)33(27(34)20-10-12-22(30)13-11-20)19-21-8-7-15-32-14-6-5-9-26(21)32/h10-13,16-18,21,26H,5-9,14-15,19H2,1-4H3,(H,31,35)/t21-,26+/m1/s1. The van der Waals surface area contributed by atoms with E-state index >= 15 is 0 Å². The molecule has 2 atom stereocenters. The molecule has 0 radical (unpaired) electrons. The third-order valence-corrected chi connectivity index (χ3v) is 8.07. The molecule has 1 N–H and O–H groups in total. The molecule has 2 fully saturated rings. The van der Waals surface area contributed by atoms with E-state index in [2.05, 4.69) is 10.2 Å². The van der Waals surface area contributed by atoms with Crippen LogP contribution in [0, 0.1) is 5.92 Å². The van der Waals surface area contributed by atoms with Crippen LogP contribution in [0.3, 0.4) is 0 Å². The van der Waals surface area contributed by atoms with Crippen LogP contribution in [0.2, 0.25) is 5.02 Å². The van der Waals surface area contributed by atoms with Crippen molar-refractivity contribution in [2.75, 3.05) is 39.2 Å². The molecule has 0 bridgehead atoms. The molecule has 2 saturated heterocycles. The lowest BCUT2D eigenvalue weighted by atomic mass is 9.82. The van der Waals surface area contributed by atoms with E-state index in [9.17, 15) is 9.59 Å². The molecule has 200 valence electrons. The average molecular weight is 528 g/mol. The minimum Gasteiger partial charge on any atom is -0.497 e. The number of anilines is 1. The van der Waals surface area contributed by atoms with Gasteiger partial charge >= 0.3 is 0 Å². The van der Waals surface area contributed by atoms with Gasteiger partial charge in [0.05, 0.1) is 14.2 Å². The quantitative estimate of drug-likeness (QED) is 0.492. The highest BCUT2D eigenvalue weighted by atomic mass is 35.5. The number of amides is 2. The van der Waals surface area contributed by atoms with Crippen molar-refractivity contribution in [2.45, 2.75) is 57.5 Å². The number of benzene rings is 2. The van der Waals surface area contributed by atoms with Gasteiger partial charge in [-0.25, -0.2) is 0 Å². The maximum Gasteiger partial charge on any atom is 0.254 e. The first-order chi connectivity index (χ1) is 17.7. The SMILES string of the molecule is COc1cc(NC(=O)C(C)(C)N(C[C@H]2CCCN3CCCC[C@@H]23)C(=O)c2ccc(Cl)cc2)cc(OC)c1. The molecule has 2 amide bonds. The highest BCUT2D eigenvalue weighted by Crippen LogP contribution is 2.34. The Morgan fingerprint density at radius 1 is 1.00 bits per heavy atom. The smallest absolute Gasteiger partial charge is 0.254 e. The molecule has 2 heterocycles. The number of nitrogens with one attached hydrogen (secondary N) is 1. The summed E-state index contributed by atoms with van der Waals surface area (Å²) >= 11 is 6.09. The average Bonchev–Trinajstić information content (AvgIpc) is 2.91. The van der Waals surface area contributed by atoms with Crippen LogP contribution in [-0.4, -0.2) is 67.0 Å². The Balaban J connectivity index is 1.63. The lowest BCUT2D eigenvalue weighted by Gasteiger charge is -2.47. The maximum absolute atomic E-state index is 13.9. The summed E-state index contributed by atoms with van der Waals surface area (Å²) in [4.78, 5) is 32.1. The summed E-state index contributed by atoms with van der Waals surface area (Å²) in [5.41, 5.74) is -0.0572. The first-order valence-electron chi connectivity index (χ1n) is 13.1. The molecule has 2 aromatic rings. The number of halogens is 1. The van der Waals surface area contributed by atoms with Crippen LogP contribution in [0.4, 0.5) is 5.69 Å². The molecule has 0 saturated carbocycles. The van der Waals surface area contributed by atoms with E-state index in [1.807, 2.05) is 13.8 Å². The van der Waals surface area contributed by atoms with Gasteiger partial charge in [0.2, 0.25) is 5.91 Å². The van der Waals surface area contributed by atoms with E-state index in [1.165, 1.54) is 12.8 Å². The van der Waals surface area contributed by atoms with Crippen LogP contribution in [0.15, 0.2) is 42.5 Å². The maximum atomic E-state index is 13.9. The molecule has 0 aromatic heterocycles. The Morgan fingerprint density at radius 3 is 2.30 bits per heavy atom. The van der Waals surface area contributed by atoms with Crippen LogP contribution in [0.1, 0.15) is 56.3 Å². The van der Waals surface area contributed by atoms with E-state index in [1.54, 1.807) is 61.6 Å². The van der Waals surface area contributed by atoms with Gasteiger partial charge in [0.25, 0.3) is 5.91 Å². The van der Waals surface area contributed by atoms with Crippen molar-refractivity contribution in [3.8, 4) is 11.5 Å². The van der Waals surface area contributed by atoms with Crippen LogP contribution in [0.25, 0.3) is 0 Å². The van der Waals surface area contributed by atoms with Crippen LogP contribution < -0.4 is 14.8 Å². The van der Waals surface area contributed by atoms with Gasteiger partial charge in [0, 0.05) is 47.1 Å². The second-order valence-electron chi connectivity index (χ2n) is 10.5. The van der Waals surface area contributed by atoms with Gasteiger partial charge in [0.15, 0.2) is 0 Å². The lowest BCUT2D eigenvalue weighted by molar-refractivity contribution is -0.125. The Kier molecular flexibility index (Phi) is 8.65. The fourth-order valence-electron chi connectivity index (χ4n) is 5.62. The number of hydrogen-bond acceptors (Lipinski definition) is 5. The van der Waals surface area contributed by atoms with E-state index in [0.29, 0.717) is 46.3 Å². The van der Waals surface area contributed by atoms with Gasteiger partial charge in [-0.05, 0) is 82.8 Å². The number of carbonyl (C=O) groups is 2. The second kappa shape index (κ2) is 11.7. The predicted octanol–water partition coefficient (Wildman–Crippen LogP) is 5.48. The molecule has 0 spiro atoms. The highest BCUT2D eigenvalue weighted by molar-refractivity contribution is 6.30. The Morgan fingerprint density at radius 2 is 1.65 bits per heavy atom. The molecule has 7 nitrogen and oxygen atoms in total. The monoisotopic (exact) mass is 527 g/mol. The van der Waals surface area contributed by atoms with Crippen molar-refractivity contribution < 1.29 is 19.1 Å². The summed E-state index contributed by atoms with van der Waals surface area (Å²) in [5, 5.41) is 3.56. The van der Waals surface area contributed by atoms with Crippen molar-refractivity contribution >= 4 is 29.1 Å². The zero-order chi connectivity index (χ0) is 26.6. The van der Waals surface area contributed by atoms with E-state index < -0.39 is 5.54 Å². The normalized spacial score (nSPS) is 20.0. The van der Waals surface area contributed by atoms with Crippen molar-refractivity contribution in [3.63, 3.8) is 0 Å². The molecule has 8 heteroatoms. The number of ether oxygens (including phenoxy) is 2. The second-order valence-corrected chi connectivity index (χ2v) is 11.0. The number of carbonyl (C=O) groups excluding carboxylic acids is 2. The molecule has 0 unspecified atom stereocenters. The summed E-state index contributed by atoms with van der Waals surface area (Å²) in [5.74, 6) is 1.01. The molecule has 2 aliphatic heterocycles. The first kappa shape index (κ1) is 27.3. The minimum atomic E-state index is -1.12. The zero-order valence-corrected chi connectivity index (χ0v) is 23.0. The summed E-state index contributed by atoms with van der Waals surface area (Å²) in [6.45, 7) is 6.39. The summed E-state index contributed by atoms with van der Waals surface area (Å²) in [7, 11) is 3.13. The molecule has 0 aliphatic carbocycles. The van der Waals surface area contributed by atoms with Crippen molar-refractivity contribution in [2.24, 2.45) is 5.92 Å². The molecular weight excluding hydrogens is 490 g/mol. The van der Waals surface area contributed by atoms with Crippen LogP contribution >= 0.6 is 11.6 Å². The Bertz CT molecular complexity index is 1080. The molecular formula is C29H38ClN3O4. The van der Waals surface area contributed by atoms with E-state index in [4.69, 9.17) is 21.1 Å². The van der Waals surface area contributed by atoms with Crippen LogP contribution in [0.5, 0.6) is 11.5 Å². The number of rotatable bonds is 8. The third-order valence-electron chi connectivity index (χ3n) is 7.82. The van der Waals surface area contributed by atoms with Crippen molar-refractivity contribution in [3.05, 3.63) is 53.1 Å². The number of piperidine rings is 2. The van der Waals surface area contributed by atoms with E-state index in [-0.39, 0.29) is 11.8 Å². The summed E-state index contributed by atoms with van der Waals surface area (Å²) in [6.07, 6.45) is 5.75. The predicted molar refractivity (Wildman–Crippen MR) is 147 cm³/mol. The van der Waals surface area contributed by atoms with E-state index in [0.717, 1.165) is 32.4 Å². The third kappa shape index (κ3) is 6.21. The zero-order valence-electron chi connectivity index (χ0n) is 22.3. The molecule has 4 rings (SSSR count). The number of methoxy groups -OCH3 is 2. The van der Waals surface area contributed by atoms with Gasteiger partial charge in [-0.2, -0.15) is 0 Å². The molecule has 2 aliphatic rings. The number of hydrogen-bond donors (Lipinski definition) is 1. The lowest BCUT2D eigenvalue weighted by Crippen LogP contribution is -2.59. The Hall–Kier alpha value is -2.77. The minimum absolute atomic E-state index is 0.173. The fraction of sp³-hybridized carbons (Fsp3) is 0.517.